The van der Waals surface area contributed by atoms with Crippen molar-refractivity contribution >= 4 is 28.9 Å². The first-order valence-corrected chi connectivity index (χ1v) is 18.3. The second-order valence-corrected chi connectivity index (χ2v) is 15.0. The Morgan fingerprint density at radius 1 is 0.683 bits per heavy atom. The Balaban J connectivity index is 2.12. The number of aliphatic hydroxyl groups excluding tert-OH is 5. The first-order valence-electron chi connectivity index (χ1n) is 18.3. The normalized spacial score (nSPS) is 33.5. The molecule has 0 amide bonds. The highest BCUT2D eigenvalue weighted by Gasteiger charge is 2.92. The number of hydrogen-bond donors (Lipinski definition) is 11. The van der Waals surface area contributed by atoms with Crippen LogP contribution in [0, 0.1) is 0 Å². The predicted octanol–water partition coefficient (Wildman–Crippen LogP) is -2.08. The fourth-order valence-corrected chi connectivity index (χ4v) is 8.95. The quantitative estimate of drug-likeness (QED) is 0.0613. The van der Waals surface area contributed by atoms with Crippen molar-refractivity contribution < 1.29 is 94.4 Å². The maximum absolute atomic E-state index is 14.9. The smallest absolute Gasteiger partial charge is 0.273 e. The average Bonchev–Trinajstić information content (AvgIpc) is 3.46. The van der Waals surface area contributed by atoms with Crippen molar-refractivity contribution in [1.29, 1.82) is 0 Å². The first-order chi connectivity index (χ1) is 27.9. The van der Waals surface area contributed by atoms with Gasteiger partial charge in [0.1, 0.15) is 31.0 Å². The molecule has 2 fully saturated rings. The minimum atomic E-state index is -4.57. The van der Waals surface area contributed by atoms with E-state index in [4.69, 9.17) is 14.2 Å². The Labute approximate surface area is 341 Å². The molecule has 0 saturated carbocycles. The molecule has 0 bridgehead atoms. The van der Waals surface area contributed by atoms with Gasteiger partial charge in [-0.1, -0.05) is 66.7 Å². The largest absolute Gasteiger partial charge is 0.504 e. The summed E-state index contributed by atoms with van der Waals surface area (Å²) in [6.45, 7) is -0.486. The molecule has 0 radical (unpaired) electrons. The maximum atomic E-state index is 14.9. The van der Waals surface area contributed by atoms with E-state index in [-0.39, 0.29) is 11.1 Å². The molecule has 0 aliphatic carbocycles. The van der Waals surface area contributed by atoms with Crippen molar-refractivity contribution in [3.63, 3.8) is 0 Å². The van der Waals surface area contributed by atoms with E-state index in [2.05, 4.69) is 0 Å². The standard InChI is InChI=1S/C41H46O19/c1-20(44)37(34(54)36(25-12-8-6-9-13-25,26-14-10-7-11-15-26)27-16-17-28(49)31(51)30(27)50)38(55,21(2)45)39(56,22(3)46)40(57,23(4)47)41(60-37,24(5)48)59-35(19-43)33(53)32(52)29(18-42)58-35/h6-17,29,32-34,42-43,49-57H,18-19H2,1-5H3/t29-,32-,33+,34?,35?,37-,38-,39+,40-,41-/m1/s1. The van der Waals surface area contributed by atoms with Crippen LogP contribution < -0.4 is 0 Å². The van der Waals surface area contributed by atoms with E-state index < -0.39 is 129 Å². The predicted molar refractivity (Wildman–Crippen MR) is 200 cm³/mol. The van der Waals surface area contributed by atoms with Gasteiger partial charge in [-0.05, 0) is 44.9 Å². The lowest BCUT2D eigenvalue weighted by Gasteiger charge is -2.67. The lowest BCUT2D eigenvalue weighted by Crippen LogP contribution is -2.97. The molecule has 10 atom stereocenters. The van der Waals surface area contributed by atoms with Crippen LogP contribution in [-0.4, -0.2) is 157 Å². The van der Waals surface area contributed by atoms with Gasteiger partial charge in [0.25, 0.3) is 5.79 Å². The third-order valence-corrected chi connectivity index (χ3v) is 11.9. The van der Waals surface area contributed by atoms with Crippen LogP contribution in [0.3, 0.4) is 0 Å². The molecule has 2 aliphatic rings. The summed E-state index contributed by atoms with van der Waals surface area (Å²) in [4.78, 5) is 72.0. The zero-order valence-electron chi connectivity index (χ0n) is 32.8. The van der Waals surface area contributed by atoms with Crippen LogP contribution in [0.1, 0.15) is 51.3 Å². The first kappa shape index (κ1) is 46.0. The van der Waals surface area contributed by atoms with E-state index in [1.165, 1.54) is 60.7 Å². The fraction of sp³-hybridized carbons (Fsp3) is 0.439. The van der Waals surface area contributed by atoms with Gasteiger partial charge in [-0.2, -0.15) is 0 Å². The zero-order chi connectivity index (χ0) is 45.2. The number of phenolic OH excluding ortho intramolecular Hbond substituents is 3. The van der Waals surface area contributed by atoms with E-state index in [9.17, 15) is 80.1 Å². The van der Waals surface area contributed by atoms with Crippen molar-refractivity contribution in [3.8, 4) is 17.2 Å². The highest BCUT2D eigenvalue weighted by Crippen LogP contribution is 2.63. The van der Waals surface area contributed by atoms with Crippen LogP contribution in [0.15, 0.2) is 72.8 Å². The summed E-state index contributed by atoms with van der Waals surface area (Å²) in [7, 11) is 0. The maximum Gasteiger partial charge on any atom is 0.273 e. The second kappa shape index (κ2) is 15.5. The van der Waals surface area contributed by atoms with Gasteiger partial charge in [-0.15, -0.1) is 0 Å². The highest BCUT2D eigenvalue weighted by molar-refractivity contribution is 6.12. The lowest BCUT2D eigenvalue weighted by atomic mass is 9.48. The van der Waals surface area contributed by atoms with E-state index in [1.807, 2.05) is 0 Å². The molecule has 2 saturated heterocycles. The van der Waals surface area contributed by atoms with E-state index in [1.54, 1.807) is 0 Å². The molecule has 0 spiro atoms. The average molecular weight is 843 g/mol. The van der Waals surface area contributed by atoms with Gasteiger partial charge >= 0.3 is 0 Å². The Morgan fingerprint density at radius 2 is 1.17 bits per heavy atom. The van der Waals surface area contributed by atoms with E-state index >= 15 is 0 Å². The number of hydrogen-bond acceptors (Lipinski definition) is 19. The third kappa shape index (κ3) is 5.59. The SMILES string of the molecule is CC(=O)[C@@]1(OC2(CO)O[C@H](CO)[C@@H](O)[C@@H]2O)O[C@](C(C)=O)(C(O)C(c2ccccc2)(c2ccccc2)c2ccc(O)c(O)c2O)[C@](O)(C(C)=O)[C@@](O)(C(C)=O)[C@]1(O)C(C)=O. The Morgan fingerprint density at radius 3 is 1.55 bits per heavy atom. The van der Waals surface area contributed by atoms with Gasteiger partial charge < -0.3 is 70.4 Å². The summed E-state index contributed by atoms with van der Waals surface area (Å²) >= 11 is 0. The van der Waals surface area contributed by atoms with E-state index in [0.29, 0.717) is 34.6 Å². The van der Waals surface area contributed by atoms with Crippen molar-refractivity contribution in [1.82, 2.24) is 0 Å². The van der Waals surface area contributed by atoms with Gasteiger partial charge in [-0.25, -0.2) is 0 Å². The molecule has 2 aliphatic heterocycles. The molecule has 2 unspecified atom stereocenters. The lowest BCUT2D eigenvalue weighted by molar-refractivity contribution is -0.465. The van der Waals surface area contributed by atoms with Crippen molar-refractivity contribution in [2.45, 2.75) is 98.4 Å². The Bertz CT molecular complexity index is 2160. The van der Waals surface area contributed by atoms with Crippen LogP contribution in [0.25, 0.3) is 0 Å². The number of carbonyl (C=O) groups is 5. The molecule has 2 heterocycles. The van der Waals surface area contributed by atoms with Gasteiger partial charge in [0.2, 0.25) is 28.3 Å². The molecule has 3 aromatic rings. The second-order valence-electron chi connectivity index (χ2n) is 15.0. The summed E-state index contributed by atoms with van der Waals surface area (Å²) in [5.74, 6) is -20.3. The summed E-state index contributed by atoms with van der Waals surface area (Å²) in [5.41, 5.74) is -21.5. The highest BCUT2D eigenvalue weighted by atomic mass is 16.8. The number of ether oxygens (including phenoxy) is 3. The van der Waals surface area contributed by atoms with Crippen LogP contribution in [0.5, 0.6) is 17.2 Å². The molecule has 11 N–H and O–H groups in total. The van der Waals surface area contributed by atoms with E-state index in [0.717, 1.165) is 12.1 Å². The molecular weight excluding hydrogens is 796 g/mol. The minimum Gasteiger partial charge on any atom is -0.504 e. The number of aromatic hydroxyl groups is 3. The summed E-state index contributed by atoms with van der Waals surface area (Å²) in [6.07, 6.45) is -9.81. The Hall–Kier alpha value is -5.03. The van der Waals surface area contributed by atoms with Gasteiger partial charge in [0.05, 0.1) is 12.0 Å². The van der Waals surface area contributed by atoms with Gasteiger partial charge in [0.15, 0.2) is 46.0 Å². The molecule has 324 valence electrons. The molecule has 19 nitrogen and oxygen atoms in total. The van der Waals surface area contributed by atoms with Crippen LogP contribution >= 0.6 is 0 Å². The van der Waals surface area contributed by atoms with Crippen molar-refractivity contribution in [3.05, 3.63) is 89.5 Å². The van der Waals surface area contributed by atoms with Crippen LogP contribution in [0.4, 0.5) is 0 Å². The fourth-order valence-electron chi connectivity index (χ4n) is 8.95. The third-order valence-electron chi connectivity index (χ3n) is 11.9. The topological polar surface area (TPSA) is 336 Å². The van der Waals surface area contributed by atoms with Crippen molar-refractivity contribution in [2.75, 3.05) is 13.2 Å². The number of phenols is 3. The van der Waals surface area contributed by atoms with Gasteiger partial charge in [-0.3, -0.25) is 24.0 Å². The monoisotopic (exact) mass is 842 g/mol. The van der Waals surface area contributed by atoms with Crippen LogP contribution in [0.2, 0.25) is 0 Å². The number of Topliss-reactive ketones (excluding diaryl/α,β-unsaturated/α-hetero) is 5. The Kier molecular flexibility index (Phi) is 11.9. The minimum absolute atomic E-state index is 0.206. The van der Waals surface area contributed by atoms with Crippen molar-refractivity contribution in [2.24, 2.45) is 0 Å². The van der Waals surface area contributed by atoms with Gasteiger partial charge in [0, 0.05) is 12.5 Å². The molecule has 60 heavy (non-hydrogen) atoms. The number of rotatable bonds is 14. The summed E-state index contributed by atoms with van der Waals surface area (Å²) in [5, 5.41) is 128. The molecular formula is C41H46O19. The number of ketones is 5. The zero-order valence-corrected chi connectivity index (χ0v) is 32.8. The van der Waals surface area contributed by atoms with Crippen LogP contribution in [-0.2, 0) is 43.6 Å². The molecule has 19 heteroatoms. The number of benzene rings is 3. The summed E-state index contributed by atoms with van der Waals surface area (Å²) in [6, 6.07) is 15.4. The summed E-state index contributed by atoms with van der Waals surface area (Å²) < 4.78 is 17.5. The number of carbonyl (C=O) groups excluding carboxylic acids is 5. The number of aliphatic hydroxyl groups is 8. The molecule has 3 aromatic carbocycles. The molecule has 5 rings (SSSR count). The molecule has 0 aromatic heterocycles.